The van der Waals surface area contributed by atoms with Crippen molar-refractivity contribution in [2.24, 2.45) is 5.92 Å². The van der Waals surface area contributed by atoms with Crippen LogP contribution in [0.25, 0.3) is 0 Å². The first-order chi connectivity index (χ1) is 8.50. The molecule has 0 saturated heterocycles. The number of rotatable bonds is 5. The summed E-state index contributed by atoms with van der Waals surface area (Å²) in [6.45, 7) is 3.46. The van der Waals surface area contributed by atoms with Gasteiger partial charge < -0.3 is 20.0 Å². The molecule has 0 saturated carbocycles. The van der Waals surface area contributed by atoms with E-state index in [0.29, 0.717) is 0 Å². The van der Waals surface area contributed by atoms with Crippen molar-refractivity contribution in [1.29, 1.82) is 0 Å². The van der Waals surface area contributed by atoms with Gasteiger partial charge in [0.2, 0.25) is 0 Å². The second kappa shape index (κ2) is 6.64. The number of hydrogen-bond acceptors (Lipinski definition) is 4. The second-order valence-electron chi connectivity index (χ2n) is 4.25. The number of benzene rings is 1. The van der Waals surface area contributed by atoms with Gasteiger partial charge in [0.15, 0.2) is 0 Å². The van der Waals surface area contributed by atoms with Crippen molar-refractivity contribution in [3.05, 3.63) is 35.9 Å². The summed E-state index contributed by atoms with van der Waals surface area (Å²) in [4.78, 5) is 22.2. The molecule has 5 heteroatoms. The molecule has 98 valence electrons. The number of carbonyl (C=O) groups excluding carboxylic acids is 2. The van der Waals surface area contributed by atoms with Gasteiger partial charge >= 0.3 is 6.09 Å². The average molecular weight is 250 g/mol. The van der Waals surface area contributed by atoms with Crippen LogP contribution < -0.4 is 10.4 Å². The number of hydrogen-bond donors (Lipinski definition) is 1. The number of nitrogens with one attached hydrogen (secondary N) is 1. The summed E-state index contributed by atoms with van der Waals surface area (Å²) in [6, 6.07) is 8.09. The van der Waals surface area contributed by atoms with Gasteiger partial charge in [-0.15, -0.1) is 0 Å². The van der Waals surface area contributed by atoms with E-state index in [1.807, 2.05) is 30.3 Å². The number of alkyl carbamates (subject to hydrolysis) is 1. The minimum atomic E-state index is -1.32. The molecule has 1 N–H and O–H groups in total. The first-order valence-electron chi connectivity index (χ1n) is 5.68. The molecule has 1 amide bonds. The van der Waals surface area contributed by atoms with Crippen molar-refractivity contribution < 1.29 is 19.4 Å². The molecule has 0 bridgehead atoms. The molecule has 1 rings (SSSR count). The van der Waals surface area contributed by atoms with Gasteiger partial charge in [-0.25, -0.2) is 4.79 Å². The number of aliphatic carboxylic acids is 1. The van der Waals surface area contributed by atoms with Crippen LogP contribution in [0.15, 0.2) is 30.3 Å². The Kier molecular flexibility index (Phi) is 5.17. The number of carbonyl (C=O) groups is 2. The summed E-state index contributed by atoms with van der Waals surface area (Å²) < 4.78 is 4.92. The van der Waals surface area contributed by atoms with E-state index in [1.54, 1.807) is 13.8 Å². The van der Waals surface area contributed by atoms with E-state index in [9.17, 15) is 14.7 Å². The fourth-order valence-corrected chi connectivity index (χ4v) is 1.39. The maximum Gasteiger partial charge on any atom is 0.408 e. The molecular formula is C13H16NO4-. The Bertz CT molecular complexity index is 403. The van der Waals surface area contributed by atoms with E-state index in [0.717, 1.165) is 5.56 Å². The Balaban J connectivity index is 2.44. The summed E-state index contributed by atoms with van der Waals surface area (Å²) in [5.74, 6) is -1.58. The van der Waals surface area contributed by atoms with Crippen molar-refractivity contribution in [2.45, 2.75) is 26.5 Å². The third-order valence-corrected chi connectivity index (χ3v) is 2.41. The van der Waals surface area contributed by atoms with Crippen LogP contribution in [0, 0.1) is 5.92 Å². The highest BCUT2D eigenvalue weighted by Gasteiger charge is 2.17. The molecule has 5 nitrogen and oxygen atoms in total. The van der Waals surface area contributed by atoms with Crippen LogP contribution >= 0.6 is 0 Å². The van der Waals surface area contributed by atoms with Crippen LogP contribution in [-0.2, 0) is 16.1 Å². The molecule has 0 heterocycles. The Morgan fingerprint density at radius 3 is 2.39 bits per heavy atom. The standard InChI is InChI=1S/C13H17NO4/c1-9(2)11(12(15)16)14-13(17)18-8-10-6-4-3-5-7-10/h3-7,9,11H,8H2,1-2H3,(H,14,17)(H,15,16)/p-1. The minimum Gasteiger partial charge on any atom is -0.548 e. The van der Waals surface area contributed by atoms with E-state index in [2.05, 4.69) is 5.32 Å². The molecule has 0 aliphatic rings. The minimum absolute atomic E-state index is 0.102. The number of amides is 1. The summed E-state index contributed by atoms with van der Waals surface area (Å²) >= 11 is 0. The number of carboxylic acids is 1. The lowest BCUT2D eigenvalue weighted by molar-refractivity contribution is -0.309. The quantitative estimate of drug-likeness (QED) is 0.833. The van der Waals surface area contributed by atoms with E-state index in [-0.39, 0.29) is 12.5 Å². The van der Waals surface area contributed by atoms with Crippen LogP contribution in [0.2, 0.25) is 0 Å². The molecule has 0 spiro atoms. The van der Waals surface area contributed by atoms with Crippen LogP contribution in [0.5, 0.6) is 0 Å². The molecule has 0 aliphatic heterocycles. The van der Waals surface area contributed by atoms with Crippen molar-refractivity contribution >= 4 is 12.1 Å². The van der Waals surface area contributed by atoms with E-state index in [4.69, 9.17) is 4.74 Å². The predicted molar refractivity (Wildman–Crippen MR) is 63.4 cm³/mol. The second-order valence-corrected chi connectivity index (χ2v) is 4.25. The van der Waals surface area contributed by atoms with Crippen molar-refractivity contribution in [3.63, 3.8) is 0 Å². The molecule has 1 aromatic rings. The third kappa shape index (κ3) is 4.45. The van der Waals surface area contributed by atoms with Gasteiger partial charge in [0.05, 0.1) is 12.0 Å². The predicted octanol–water partition coefficient (Wildman–Crippen LogP) is 0.687. The fourth-order valence-electron chi connectivity index (χ4n) is 1.39. The summed E-state index contributed by atoms with van der Waals surface area (Å²) in [6.07, 6.45) is -0.762. The van der Waals surface area contributed by atoms with Gasteiger partial charge in [0.25, 0.3) is 0 Å². The van der Waals surface area contributed by atoms with Gasteiger partial charge in [-0.05, 0) is 11.5 Å². The summed E-state index contributed by atoms with van der Waals surface area (Å²) in [5, 5.41) is 13.0. The van der Waals surface area contributed by atoms with E-state index in [1.165, 1.54) is 0 Å². The van der Waals surface area contributed by atoms with Crippen LogP contribution in [0.4, 0.5) is 4.79 Å². The van der Waals surface area contributed by atoms with Crippen LogP contribution in [0.3, 0.4) is 0 Å². The zero-order valence-electron chi connectivity index (χ0n) is 10.4. The highest BCUT2D eigenvalue weighted by molar-refractivity contribution is 5.78. The lowest BCUT2D eigenvalue weighted by Crippen LogP contribution is -2.50. The molecule has 18 heavy (non-hydrogen) atoms. The monoisotopic (exact) mass is 250 g/mol. The largest absolute Gasteiger partial charge is 0.548 e. The van der Waals surface area contributed by atoms with Crippen molar-refractivity contribution in [2.75, 3.05) is 0 Å². The maximum absolute atomic E-state index is 11.4. The van der Waals surface area contributed by atoms with E-state index < -0.39 is 18.1 Å². The zero-order valence-corrected chi connectivity index (χ0v) is 10.4. The molecule has 0 aromatic heterocycles. The van der Waals surface area contributed by atoms with E-state index >= 15 is 0 Å². The van der Waals surface area contributed by atoms with Crippen LogP contribution in [-0.4, -0.2) is 18.1 Å². The van der Waals surface area contributed by atoms with Gasteiger partial charge in [-0.2, -0.15) is 0 Å². The molecule has 0 radical (unpaired) electrons. The third-order valence-electron chi connectivity index (χ3n) is 2.41. The normalized spacial score (nSPS) is 11.9. The number of carboxylic acid groups (broad SMARTS) is 1. The first-order valence-corrected chi connectivity index (χ1v) is 5.68. The summed E-state index contributed by atoms with van der Waals surface area (Å²) in [5.41, 5.74) is 0.835. The maximum atomic E-state index is 11.4. The van der Waals surface area contributed by atoms with Crippen molar-refractivity contribution in [3.8, 4) is 0 Å². The van der Waals surface area contributed by atoms with Gasteiger partial charge in [-0.1, -0.05) is 44.2 Å². The zero-order chi connectivity index (χ0) is 13.5. The highest BCUT2D eigenvalue weighted by Crippen LogP contribution is 2.03. The average Bonchev–Trinajstić information content (AvgIpc) is 2.34. The summed E-state index contributed by atoms with van der Waals surface area (Å²) in [7, 11) is 0. The molecule has 0 fully saturated rings. The molecule has 1 unspecified atom stereocenters. The van der Waals surface area contributed by atoms with Gasteiger partial charge in [-0.3, -0.25) is 0 Å². The van der Waals surface area contributed by atoms with Gasteiger partial charge in [0, 0.05) is 0 Å². The lowest BCUT2D eigenvalue weighted by atomic mass is 10.1. The molecule has 1 atom stereocenters. The molecule has 1 aromatic carbocycles. The fraction of sp³-hybridized carbons (Fsp3) is 0.385. The van der Waals surface area contributed by atoms with Crippen LogP contribution in [0.1, 0.15) is 19.4 Å². The SMILES string of the molecule is CC(C)C(NC(=O)OCc1ccccc1)C(=O)[O-]. The number of ether oxygens (including phenoxy) is 1. The van der Waals surface area contributed by atoms with Crippen molar-refractivity contribution in [1.82, 2.24) is 5.32 Å². The molecular weight excluding hydrogens is 234 g/mol. The Labute approximate surface area is 106 Å². The Hall–Kier alpha value is -2.04. The Morgan fingerprint density at radius 2 is 1.89 bits per heavy atom. The lowest BCUT2D eigenvalue weighted by Gasteiger charge is -2.22. The van der Waals surface area contributed by atoms with Gasteiger partial charge in [0.1, 0.15) is 6.61 Å². The smallest absolute Gasteiger partial charge is 0.408 e. The highest BCUT2D eigenvalue weighted by atomic mass is 16.5. The first kappa shape index (κ1) is 14.0. The topological polar surface area (TPSA) is 78.5 Å². The Morgan fingerprint density at radius 1 is 1.28 bits per heavy atom. The molecule has 0 aliphatic carbocycles.